The van der Waals surface area contributed by atoms with Crippen LogP contribution in [0.3, 0.4) is 0 Å². The fraction of sp³-hybridized carbons (Fsp3) is 0.250. The number of amides is 1. The standard InChI is InChI=1S/C16H16ClNO4/c1-9-7-14(10(2)21-9)16(20)22-11(3)15(19)18-13-6-4-5-12(17)8-13/h4-8,11H,1-3H3,(H,18,19)/t11-/m1/s1. The first-order valence-corrected chi connectivity index (χ1v) is 7.09. The summed E-state index contributed by atoms with van der Waals surface area (Å²) in [6.45, 7) is 4.90. The van der Waals surface area contributed by atoms with Crippen LogP contribution in [0.4, 0.5) is 5.69 Å². The average Bonchev–Trinajstić information content (AvgIpc) is 2.77. The Morgan fingerprint density at radius 1 is 1.27 bits per heavy atom. The van der Waals surface area contributed by atoms with E-state index in [0.717, 1.165) is 0 Å². The quantitative estimate of drug-likeness (QED) is 0.871. The summed E-state index contributed by atoms with van der Waals surface area (Å²) < 4.78 is 10.4. The largest absolute Gasteiger partial charge is 0.466 e. The maximum Gasteiger partial charge on any atom is 0.342 e. The summed E-state index contributed by atoms with van der Waals surface area (Å²) in [6, 6.07) is 8.30. The highest BCUT2D eigenvalue weighted by Gasteiger charge is 2.22. The molecule has 2 rings (SSSR count). The molecule has 1 atom stereocenters. The van der Waals surface area contributed by atoms with Gasteiger partial charge in [-0.15, -0.1) is 0 Å². The number of nitrogens with one attached hydrogen (secondary N) is 1. The molecule has 0 saturated carbocycles. The second-order valence-corrected chi connectivity index (χ2v) is 5.31. The summed E-state index contributed by atoms with van der Waals surface area (Å²) in [5.41, 5.74) is 0.857. The first-order valence-electron chi connectivity index (χ1n) is 6.71. The van der Waals surface area contributed by atoms with Crippen molar-refractivity contribution in [3.8, 4) is 0 Å². The Labute approximate surface area is 133 Å². The lowest BCUT2D eigenvalue weighted by Crippen LogP contribution is -2.30. The van der Waals surface area contributed by atoms with E-state index in [4.69, 9.17) is 20.8 Å². The summed E-state index contributed by atoms with van der Waals surface area (Å²) in [6.07, 6.45) is -0.943. The molecule has 0 fully saturated rings. The van der Waals surface area contributed by atoms with Crippen molar-refractivity contribution < 1.29 is 18.7 Å². The van der Waals surface area contributed by atoms with Crippen LogP contribution in [0.15, 0.2) is 34.7 Å². The summed E-state index contributed by atoms with van der Waals surface area (Å²) in [7, 11) is 0. The van der Waals surface area contributed by atoms with Gasteiger partial charge in [-0.1, -0.05) is 17.7 Å². The van der Waals surface area contributed by atoms with E-state index in [2.05, 4.69) is 5.32 Å². The maximum absolute atomic E-state index is 12.0. The molecule has 1 aromatic carbocycles. The van der Waals surface area contributed by atoms with Gasteiger partial charge in [0.15, 0.2) is 6.10 Å². The molecule has 0 unspecified atom stereocenters. The molecule has 1 heterocycles. The van der Waals surface area contributed by atoms with E-state index in [1.807, 2.05) is 0 Å². The van der Waals surface area contributed by atoms with Crippen LogP contribution in [0.25, 0.3) is 0 Å². The van der Waals surface area contributed by atoms with E-state index in [1.54, 1.807) is 44.2 Å². The molecule has 1 amide bonds. The monoisotopic (exact) mass is 321 g/mol. The Balaban J connectivity index is 1.99. The van der Waals surface area contributed by atoms with Gasteiger partial charge in [0.25, 0.3) is 5.91 Å². The number of hydrogen-bond acceptors (Lipinski definition) is 4. The zero-order valence-corrected chi connectivity index (χ0v) is 13.2. The van der Waals surface area contributed by atoms with Crippen LogP contribution in [-0.4, -0.2) is 18.0 Å². The van der Waals surface area contributed by atoms with Crippen molar-refractivity contribution in [2.45, 2.75) is 26.9 Å². The normalized spacial score (nSPS) is 11.8. The molecule has 22 heavy (non-hydrogen) atoms. The van der Waals surface area contributed by atoms with Crippen LogP contribution < -0.4 is 5.32 Å². The molecule has 2 aromatic rings. The van der Waals surface area contributed by atoms with E-state index in [1.165, 1.54) is 6.92 Å². The first-order chi connectivity index (χ1) is 10.4. The number of ether oxygens (including phenoxy) is 1. The van der Waals surface area contributed by atoms with E-state index in [-0.39, 0.29) is 0 Å². The van der Waals surface area contributed by atoms with Crippen LogP contribution in [0.1, 0.15) is 28.8 Å². The van der Waals surface area contributed by atoms with Crippen molar-refractivity contribution in [1.82, 2.24) is 0 Å². The maximum atomic E-state index is 12.0. The topological polar surface area (TPSA) is 68.5 Å². The van der Waals surface area contributed by atoms with Gasteiger partial charge in [-0.05, 0) is 45.0 Å². The summed E-state index contributed by atoms with van der Waals surface area (Å²) >= 11 is 5.84. The highest BCUT2D eigenvalue weighted by molar-refractivity contribution is 6.30. The number of carbonyl (C=O) groups excluding carboxylic acids is 2. The van der Waals surface area contributed by atoms with Crippen LogP contribution >= 0.6 is 11.6 Å². The van der Waals surface area contributed by atoms with E-state index < -0.39 is 18.0 Å². The molecular formula is C16H16ClNO4. The van der Waals surface area contributed by atoms with Gasteiger partial charge in [0.05, 0.1) is 0 Å². The molecule has 0 aliphatic heterocycles. The molecule has 1 aromatic heterocycles. The minimum absolute atomic E-state index is 0.319. The Morgan fingerprint density at radius 3 is 2.59 bits per heavy atom. The number of furan rings is 1. The number of esters is 1. The number of anilines is 1. The third-order valence-corrected chi connectivity index (χ3v) is 3.24. The van der Waals surface area contributed by atoms with Crippen molar-refractivity contribution in [1.29, 1.82) is 0 Å². The number of hydrogen-bond donors (Lipinski definition) is 1. The van der Waals surface area contributed by atoms with E-state index >= 15 is 0 Å². The second kappa shape index (κ2) is 6.66. The fourth-order valence-corrected chi connectivity index (χ4v) is 2.11. The third-order valence-electron chi connectivity index (χ3n) is 3.01. The molecule has 0 aliphatic carbocycles. The van der Waals surface area contributed by atoms with Crippen LogP contribution in [-0.2, 0) is 9.53 Å². The summed E-state index contributed by atoms with van der Waals surface area (Å²) in [5, 5.41) is 3.14. The van der Waals surface area contributed by atoms with Crippen molar-refractivity contribution in [3.63, 3.8) is 0 Å². The summed E-state index contributed by atoms with van der Waals surface area (Å²) in [5.74, 6) is 0.0435. The van der Waals surface area contributed by atoms with Crippen LogP contribution in [0.5, 0.6) is 0 Å². The summed E-state index contributed by atoms with van der Waals surface area (Å²) in [4.78, 5) is 24.0. The van der Waals surface area contributed by atoms with Gasteiger partial charge in [-0.2, -0.15) is 0 Å². The predicted octanol–water partition coefficient (Wildman–Crippen LogP) is 3.73. The zero-order chi connectivity index (χ0) is 16.3. The molecule has 0 saturated heterocycles. The number of halogens is 1. The molecular weight excluding hydrogens is 306 g/mol. The Kier molecular flexibility index (Phi) is 4.88. The second-order valence-electron chi connectivity index (χ2n) is 4.87. The molecule has 0 spiro atoms. The van der Waals surface area contributed by atoms with Gasteiger partial charge >= 0.3 is 5.97 Å². The zero-order valence-electron chi connectivity index (χ0n) is 12.5. The molecule has 0 bridgehead atoms. The van der Waals surface area contributed by atoms with Gasteiger partial charge in [0.1, 0.15) is 17.1 Å². The van der Waals surface area contributed by atoms with E-state index in [0.29, 0.717) is 27.8 Å². The SMILES string of the molecule is Cc1cc(C(=O)O[C@H](C)C(=O)Nc2cccc(Cl)c2)c(C)o1. The highest BCUT2D eigenvalue weighted by Crippen LogP contribution is 2.17. The molecule has 116 valence electrons. The first kappa shape index (κ1) is 16.1. The molecule has 6 heteroatoms. The number of benzene rings is 1. The van der Waals surface area contributed by atoms with Gasteiger partial charge in [0.2, 0.25) is 0 Å². The van der Waals surface area contributed by atoms with Gasteiger partial charge in [-0.25, -0.2) is 4.79 Å². The van der Waals surface area contributed by atoms with Gasteiger partial charge in [0, 0.05) is 10.7 Å². The Bertz CT molecular complexity index is 708. The number of rotatable bonds is 4. The molecule has 0 aliphatic rings. The molecule has 1 N–H and O–H groups in total. The number of carbonyl (C=O) groups is 2. The smallest absolute Gasteiger partial charge is 0.342 e. The Morgan fingerprint density at radius 2 is 2.00 bits per heavy atom. The lowest BCUT2D eigenvalue weighted by molar-refractivity contribution is -0.123. The van der Waals surface area contributed by atoms with Gasteiger partial charge in [-0.3, -0.25) is 4.79 Å². The van der Waals surface area contributed by atoms with Crippen molar-refractivity contribution >= 4 is 29.2 Å². The Hall–Kier alpha value is -2.27. The predicted molar refractivity (Wildman–Crippen MR) is 83.1 cm³/mol. The number of aryl methyl sites for hydroxylation is 2. The van der Waals surface area contributed by atoms with Crippen molar-refractivity contribution in [2.24, 2.45) is 0 Å². The highest BCUT2D eigenvalue weighted by atomic mass is 35.5. The minimum Gasteiger partial charge on any atom is -0.466 e. The lowest BCUT2D eigenvalue weighted by atomic mass is 10.2. The minimum atomic E-state index is -0.943. The third kappa shape index (κ3) is 3.89. The van der Waals surface area contributed by atoms with Crippen LogP contribution in [0.2, 0.25) is 5.02 Å². The van der Waals surface area contributed by atoms with E-state index in [9.17, 15) is 9.59 Å². The molecule has 0 radical (unpaired) electrons. The average molecular weight is 322 g/mol. The fourth-order valence-electron chi connectivity index (χ4n) is 1.92. The van der Waals surface area contributed by atoms with Crippen LogP contribution in [0, 0.1) is 13.8 Å². The molecule has 5 nitrogen and oxygen atoms in total. The van der Waals surface area contributed by atoms with Gasteiger partial charge < -0.3 is 14.5 Å². The van der Waals surface area contributed by atoms with Crippen molar-refractivity contribution in [2.75, 3.05) is 5.32 Å². The van der Waals surface area contributed by atoms with Crippen molar-refractivity contribution in [3.05, 3.63) is 52.4 Å². The lowest BCUT2D eigenvalue weighted by Gasteiger charge is -2.13.